The third-order valence-corrected chi connectivity index (χ3v) is 6.75. The highest BCUT2D eigenvalue weighted by molar-refractivity contribution is 5.69. The lowest BCUT2D eigenvalue weighted by Crippen LogP contribution is -2.05. The van der Waals surface area contributed by atoms with E-state index in [4.69, 9.17) is 4.74 Å². The van der Waals surface area contributed by atoms with E-state index in [1.165, 1.54) is 122 Å². The molecule has 2 nitrogen and oxygen atoms in total. The molecule has 0 aromatic heterocycles. The normalized spacial score (nSPS) is 11.9. The summed E-state index contributed by atoms with van der Waals surface area (Å²) in [5.41, 5.74) is 0. The molecular formula is C34H62O2. The fourth-order valence-corrected chi connectivity index (χ4v) is 4.33. The maximum absolute atomic E-state index is 11.9. The van der Waals surface area contributed by atoms with E-state index in [0.29, 0.717) is 13.0 Å². The van der Waals surface area contributed by atoms with Gasteiger partial charge >= 0.3 is 5.97 Å². The molecule has 0 bridgehead atoms. The van der Waals surface area contributed by atoms with E-state index in [1.807, 2.05) is 0 Å². The first-order valence-electron chi connectivity index (χ1n) is 15.9. The van der Waals surface area contributed by atoms with Crippen LogP contribution in [0.5, 0.6) is 0 Å². The lowest BCUT2D eigenvalue weighted by atomic mass is 10.1. The van der Waals surface area contributed by atoms with Gasteiger partial charge in [-0.25, -0.2) is 0 Å². The molecule has 0 fully saturated rings. The zero-order valence-corrected chi connectivity index (χ0v) is 24.5. The van der Waals surface area contributed by atoms with Crippen LogP contribution >= 0.6 is 0 Å². The summed E-state index contributed by atoms with van der Waals surface area (Å²) < 4.78 is 5.41. The second kappa shape index (κ2) is 31.7. The molecule has 210 valence electrons. The minimum Gasteiger partial charge on any atom is -0.466 e. The Labute approximate surface area is 226 Å². The van der Waals surface area contributed by atoms with E-state index >= 15 is 0 Å². The van der Waals surface area contributed by atoms with E-state index in [-0.39, 0.29) is 5.97 Å². The molecule has 0 radical (unpaired) electrons. The van der Waals surface area contributed by atoms with Gasteiger partial charge in [0.2, 0.25) is 0 Å². The Hall–Kier alpha value is -1.31. The molecule has 0 saturated carbocycles. The summed E-state index contributed by atoms with van der Waals surface area (Å²) in [4.78, 5) is 11.9. The van der Waals surface area contributed by atoms with Gasteiger partial charge in [-0.1, -0.05) is 127 Å². The molecule has 0 spiro atoms. The lowest BCUT2D eigenvalue weighted by molar-refractivity contribution is -0.143. The summed E-state index contributed by atoms with van der Waals surface area (Å²) in [7, 11) is 0. The van der Waals surface area contributed by atoms with Crippen LogP contribution in [0.4, 0.5) is 0 Å². The van der Waals surface area contributed by atoms with Crippen LogP contribution in [0.1, 0.15) is 168 Å². The van der Waals surface area contributed by atoms with Gasteiger partial charge in [0.15, 0.2) is 0 Å². The standard InChI is InChI=1S/C34H62O2/c1-3-5-7-9-11-13-15-17-19-20-22-24-26-28-30-32-34(35)36-33-31-29-27-25-23-21-18-16-14-12-10-8-6-4-2/h11,13-14,16-17,19H,3-10,12,15,18,20-33H2,1-2H3/b13-11-,16-14-,19-17-. The Morgan fingerprint density at radius 1 is 0.472 bits per heavy atom. The third-order valence-electron chi connectivity index (χ3n) is 6.75. The smallest absolute Gasteiger partial charge is 0.305 e. The van der Waals surface area contributed by atoms with Crippen LogP contribution in [0.25, 0.3) is 0 Å². The molecule has 0 aliphatic rings. The molecule has 0 atom stereocenters. The number of ether oxygens (including phenoxy) is 1. The highest BCUT2D eigenvalue weighted by Crippen LogP contribution is 2.11. The maximum atomic E-state index is 11.9. The highest BCUT2D eigenvalue weighted by atomic mass is 16.5. The fraction of sp³-hybridized carbons (Fsp3) is 0.794. The quantitative estimate of drug-likeness (QED) is 0.0604. The van der Waals surface area contributed by atoms with Crippen molar-refractivity contribution < 1.29 is 9.53 Å². The van der Waals surface area contributed by atoms with Crippen molar-refractivity contribution in [1.82, 2.24) is 0 Å². The molecule has 0 aromatic carbocycles. The molecule has 36 heavy (non-hydrogen) atoms. The Balaban J connectivity index is 3.26. The van der Waals surface area contributed by atoms with E-state index in [9.17, 15) is 4.79 Å². The third kappa shape index (κ3) is 30.7. The minimum absolute atomic E-state index is 0.00200. The molecule has 0 rings (SSSR count). The Morgan fingerprint density at radius 2 is 0.861 bits per heavy atom. The highest BCUT2D eigenvalue weighted by Gasteiger charge is 2.02. The van der Waals surface area contributed by atoms with Gasteiger partial charge in [0, 0.05) is 6.42 Å². The fourth-order valence-electron chi connectivity index (χ4n) is 4.33. The zero-order chi connectivity index (χ0) is 26.2. The lowest BCUT2D eigenvalue weighted by Gasteiger charge is -2.05. The molecule has 0 aliphatic carbocycles. The van der Waals surface area contributed by atoms with Crippen LogP contribution in [-0.2, 0) is 9.53 Å². The first-order valence-corrected chi connectivity index (χ1v) is 15.9. The van der Waals surface area contributed by atoms with E-state index in [1.54, 1.807) is 0 Å². The molecular weight excluding hydrogens is 440 g/mol. The van der Waals surface area contributed by atoms with Crippen molar-refractivity contribution in [3.8, 4) is 0 Å². The van der Waals surface area contributed by atoms with Crippen LogP contribution in [-0.4, -0.2) is 12.6 Å². The van der Waals surface area contributed by atoms with E-state index in [2.05, 4.69) is 50.3 Å². The Kier molecular flexibility index (Phi) is 30.6. The van der Waals surface area contributed by atoms with Gasteiger partial charge in [0.05, 0.1) is 6.61 Å². The predicted molar refractivity (Wildman–Crippen MR) is 161 cm³/mol. The van der Waals surface area contributed by atoms with Crippen molar-refractivity contribution in [1.29, 1.82) is 0 Å². The molecule has 0 aliphatic heterocycles. The van der Waals surface area contributed by atoms with E-state index in [0.717, 1.165) is 25.7 Å². The second-order valence-corrected chi connectivity index (χ2v) is 10.4. The SMILES string of the molecule is CCCCC/C=C\C/C=C\CCCCCCCC(=O)OCCCCCCCC/C=C\CCCCCC. The van der Waals surface area contributed by atoms with Gasteiger partial charge in [0.25, 0.3) is 0 Å². The number of unbranched alkanes of at least 4 members (excludes halogenated alkanes) is 18. The summed E-state index contributed by atoms with van der Waals surface area (Å²) in [6.45, 7) is 5.13. The van der Waals surface area contributed by atoms with Crippen LogP contribution in [0.3, 0.4) is 0 Å². The summed E-state index contributed by atoms with van der Waals surface area (Å²) in [5, 5.41) is 0. The number of esters is 1. The largest absolute Gasteiger partial charge is 0.466 e. The Bertz CT molecular complexity index is 517. The Morgan fingerprint density at radius 3 is 1.42 bits per heavy atom. The van der Waals surface area contributed by atoms with Gasteiger partial charge in [0.1, 0.15) is 0 Å². The van der Waals surface area contributed by atoms with Gasteiger partial charge in [-0.3, -0.25) is 4.79 Å². The van der Waals surface area contributed by atoms with Crippen molar-refractivity contribution in [2.24, 2.45) is 0 Å². The average molecular weight is 503 g/mol. The molecule has 2 heteroatoms. The first-order chi connectivity index (χ1) is 17.8. The number of carbonyl (C=O) groups is 1. The van der Waals surface area contributed by atoms with Crippen molar-refractivity contribution in [3.05, 3.63) is 36.5 Å². The summed E-state index contributed by atoms with van der Waals surface area (Å²) in [6, 6.07) is 0. The number of rotatable bonds is 28. The summed E-state index contributed by atoms with van der Waals surface area (Å²) in [6.07, 6.45) is 43.3. The van der Waals surface area contributed by atoms with Crippen molar-refractivity contribution in [2.45, 2.75) is 168 Å². The van der Waals surface area contributed by atoms with Crippen molar-refractivity contribution in [3.63, 3.8) is 0 Å². The van der Waals surface area contributed by atoms with Crippen molar-refractivity contribution >= 4 is 5.97 Å². The van der Waals surface area contributed by atoms with Crippen LogP contribution < -0.4 is 0 Å². The molecule has 0 N–H and O–H groups in total. The predicted octanol–water partition coefficient (Wildman–Crippen LogP) is 11.6. The molecule has 0 amide bonds. The number of hydrogen-bond acceptors (Lipinski definition) is 2. The zero-order valence-electron chi connectivity index (χ0n) is 24.5. The van der Waals surface area contributed by atoms with Crippen LogP contribution in [0.15, 0.2) is 36.5 Å². The molecule has 0 unspecified atom stereocenters. The molecule has 0 heterocycles. The van der Waals surface area contributed by atoms with Gasteiger partial charge in [-0.15, -0.1) is 0 Å². The number of allylic oxidation sites excluding steroid dienone is 6. The second-order valence-electron chi connectivity index (χ2n) is 10.4. The summed E-state index contributed by atoms with van der Waals surface area (Å²) >= 11 is 0. The van der Waals surface area contributed by atoms with Gasteiger partial charge in [-0.2, -0.15) is 0 Å². The van der Waals surface area contributed by atoms with Crippen LogP contribution in [0.2, 0.25) is 0 Å². The molecule has 0 saturated heterocycles. The maximum Gasteiger partial charge on any atom is 0.305 e. The average Bonchev–Trinajstić information content (AvgIpc) is 2.88. The monoisotopic (exact) mass is 502 g/mol. The van der Waals surface area contributed by atoms with Crippen molar-refractivity contribution in [2.75, 3.05) is 6.61 Å². The number of carbonyl (C=O) groups excluding carboxylic acids is 1. The van der Waals surface area contributed by atoms with Crippen LogP contribution in [0, 0.1) is 0 Å². The van der Waals surface area contributed by atoms with E-state index < -0.39 is 0 Å². The number of hydrogen-bond donors (Lipinski definition) is 0. The first kappa shape index (κ1) is 34.7. The van der Waals surface area contributed by atoms with Gasteiger partial charge in [-0.05, 0) is 70.6 Å². The molecule has 0 aromatic rings. The van der Waals surface area contributed by atoms with Gasteiger partial charge < -0.3 is 4.74 Å². The topological polar surface area (TPSA) is 26.3 Å². The summed E-state index contributed by atoms with van der Waals surface area (Å²) in [5.74, 6) is 0.00200. The minimum atomic E-state index is 0.00200.